The molecule has 3 rings (SSSR count). The van der Waals surface area contributed by atoms with E-state index >= 15 is 0 Å². The van der Waals surface area contributed by atoms with E-state index in [0.717, 1.165) is 25.9 Å². The Morgan fingerprint density at radius 2 is 1.92 bits per heavy atom. The van der Waals surface area contributed by atoms with Crippen LogP contribution in [0.5, 0.6) is 0 Å². The number of amides is 1. The summed E-state index contributed by atoms with van der Waals surface area (Å²) in [6.07, 6.45) is 1.64. The van der Waals surface area contributed by atoms with Gasteiger partial charge in [0.15, 0.2) is 0 Å². The van der Waals surface area contributed by atoms with E-state index in [-0.39, 0.29) is 12.1 Å². The molecule has 4 heteroatoms. The highest BCUT2D eigenvalue weighted by molar-refractivity contribution is 5.83. The van der Waals surface area contributed by atoms with Crippen LogP contribution >= 0.6 is 0 Å². The summed E-state index contributed by atoms with van der Waals surface area (Å²) in [6.45, 7) is 6.50. The lowest BCUT2D eigenvalue weighted by atomic mass is 9.98. The number of benzene rings is 2. The van der Waals surface area contributed by atoms with Gasteiger partial charge in [0.25, 0.3) is 0 Å². The summed E-state index contributed by atoms with van der Waals surface area (Å²) < 4.78 is 4.97. The molecule has 128 valence electrons. The topological polar surface area (TPSA) is 41.6 Å². The van der Waals surface area contributed by atoms with Gasteiger partial charge in [-0.05, 0) is 49.1 Å². The zero-order valence-corrected chi connectivity index (χ0v) is 14.5. The highest BCUT2D eigenvalue weighted by Gasteiger charge is 2.24. The summed E-state index contributed by atoms with van der Waals surface area (Å²) >= 11 is 0. The van der Waals surface area contributed by atoms with Crippen molar-refractivity contribution >= 4 is 16.9 Å². The molecule has 1 N–H and O–H groups in total. The largest absolute Gasteiger partial charge is 0.450 e. The van der Waals surface area contributed by atoms with Crippen molar-refractivity contribution in [3.63, 3.8) is 0 Å². The van der Waals surface area contributed by atoms with E-state index < -0.39 is 0 Å². The van der Waals surface area contributed by atoms with Crippen LogP contribution in [0.25, 0.3) is 10.8 Å². The molecule has 1 atom stereocenters. The molecule has 0 aliphatic carbocycles. The van der Waals surface area contributed by atoms with Crippen molar-refractivity contribution < 1.29 is 9.53 Å². The molecule has 0 spiro atoms. The first-order valence-electron chi connectivity index (χ1n) is 8.83. The number of hydrogen-bond donors (Lipinski definition) is 1. The maximum Gasteiger partial charge on any atom is 0.407 e. The fourth-order valence-corrected chi connectivity index (χ4v) is 3.45. The summed E-state index contributed by atoms with van der Waals surface area (Å²) in [6, 6.07) is 15.8. The van der Waals surface area contributed by atoms with Crippen LogP contribution in [0.2, 0.25) is 0 Å². The number of nitrogens with zero attached hydrogens (tertiary/aromatic N) is 1. The minimum absolute atomic E-state index is 0.226. The van der Waals surface area contributed by atoms with Gasteiger partial charge in [0.05, 0.1) is 6.61 Å². The Labute approximate surface area is 143 Å². The molecule has 0 unspecified atom stereocenters. The van der Waals surface area contributed by atoms with E-state index in [1.807, 2.05) is 6.92 Å². The second-order valence-electron chi connectivity index (χ2n) is 6.46. The molecule has 4 nitrogen and oxygen atoms in total. The van der Waals surface area contributed by atoms with Crippen molar-refractivity contribution in [3.8, 4) is 0 Å². The van der Waals surface area contributed by atoms with Crippen LogP contribution in [0.15, 0.2) is 42.5 Å². The van der Waals surface area contributed by atoms with E-state index in [1.54, 1.807) is 0 Å². The zero-order chi connectivity index (χ0) is 16.9. The van der Waals surface area contributed by atoms with Gasteiger partial charge in [-0.15, -0.1) is 0 Å². The average Bonchev–Trinajstić information content (AvgIpc) is 2.61. The molecule has 1 fully saturated rings. The van der Waals surface area contributed by atoms with Gasteiger partial charge < -0.3 is 10.1 Å². The third-order valence-electron chi connectivity index (χ3n) is 4.93. The lowest BCUT2D eigenvalue weighted by Crippen LogP contribution is -2.45. The Bertz CT molecular complexity index is 693. The number of piperidine rings is 1. The van der Waals surface area contributed by atoms with E-state index in [0.29, 0.717) is 12.6 Å². The number of carbonyl (C=O) groups is 1. The minimum Gasteiger partial charge on any atom is -0.450 e. The molecule has 0 radical (unpaired) electrons. The molecule has 0 aromatic heterocycles. The predicted octanol–water partition coefficient (Wildman–Crippen LogP) is 4.11. The number of fused-ring (bicyclic) bond motifs is 1. The normalized spacial score (nSPS) is 17.6. The lowest BCUT2D eigenvalue weighted by Gasteiger charge is -2.36. The highest BCUT2D eigenvalue weighted by Crippen LogP contribution is 2.27. The molecule has 24 heavy (non-hydrogen) atoms. The monoisotopic (exact) mass is 326 g/mol. The van der Waals surface area contributed by atoms with Gasteiger partial charge in [-0.25, -0.2) is 4.79 Å². The number of alkyl carbamates (subject to hydrolysis) is 1. The third kappa shape index (κ3) is 3.88. The van der Waals surface area contributed by atoms with Gasteiger partial charge in [-0.2, -0.15) is 0 Å². The summed E-state index contributed by atoms with van der Waals surface area (Å²) in [4.78, 5) is 14.0. The lowest BCUT2D eigenvalue weighted by molar-refractivity contribution is 0.126. The number of nitrogens with one attached hydrogen (secondary N) is 1. The first-order valence-corrected chi connectivity index (χ1v) is 8.83. The Balaban J connectivity index is 1.59. The van der Waals surface area contributed by atoms with Crippen LogP contribution in [0.3, 0.4) is 0 Å². The van der Waals surface area contributed by atoms with Gasteiger partial charge in [0, 0.05) is 25.2 Å². The summed E-state index contributed by atoms with van der Waals surface area (Å²) in [7, 11) is 0. The first-order chi connectivity index (χ1) is 11.7. The Kier molecular flexibility index (Phi) is 5.36. The molecule has 1 aliphatic heterocycles. The van der Waals surface area contributed by atoms with Crippen molar-refractivity contribution in [2.45, 2.75) is 38.8 Å². The molecule has 1 heterocycles. The number of carbonyl (C=O) groups excluding carboxylic acids is 1. The molecule has 1 aliphatic rings. The van der Waals surface area contributed by atoms with Gasteiger partial charge in [0.2, 0.25) is 0 Å². The summed E-state index contributed by atoms with van der Waals surface area (Å²) in [5, 5.41) is 5.53. The van der Waals surface area contributed by atoms with E-state index in [2.05, 4.69) is 59.6 Å². The summed E-state index contributed by atoms with van der Waals surface area (Å²) in [5.74, 6) is 0. The predicted molar refractivity (Wildman–Crippen MR) is 97.1 cm³/mol. The molecular weight excluding hydrogens is 300 g/mol. The number of likely N-dealkylation sites (tertiary alicyclic amines) is 1. The van der Waals surface area contributed by atoms with E-state index in [4.69, 9.17) is 4.74 Å². The van der Waals surface area contributed by atoms with Crippen LogP contribution in [-0.4, -0.2) is 36.7 Å². The second kappa shape index (κ2) is 7.67. The van der Waals surface area contributed by atoms with E-state index in [1.165, 1.54) is 16.3 Å². The third-order valence-corrected chi connectivity index (χ3v) is 4.93. The fraction of sp³-hybridized carbons (Fsp3) is 0.450. The van der Waals surface area contributed by atoms with Crippen LogP contribution in [0.4, 0.5) is 4.79 Å². The zero-order valence-electron chi connectivity index (χ0n) is 14.5. The number of ether oxygens (including phenoxy) is 1. The van der Waals surface area contributed by atoms with Crippen molar-refractivity contribution in [1.82, 2.24) is 10.2 Å². The fourth-order valence-electron chi connectivity index (χ4n) is 3.45. The van der Waals surface area contributed by atoms with E-state index in [9.17, 15) is 4.79 Å². The van der Waals surface area contributed by atoms with Crippen LogP contribution in [0, 0.1) is 0 Å². The summed E-state index contributed by atoms with van der Waals surface area (Å²) in [5.41, 5.74) is 1.35. The number of rotatable bonds is 4. The molecule has 0 saturated carbocycles. The van der Waals surface area contributed by atoms with Gasteiger partial charge >= 0.3 is 6.09 Å². The van der Waals surface area contributed by atoms with Crippen molar-refractivity contribution in [3.05, 3.63) is 48.0 Å². The Hall–Kier alpha value is -2.07. The second-order valence-corrected chi connectivity index (χ2v) is 6.46. The molecule has 2 aromatic carbocycles. The quantitative estimate of drug-likeness (QED) is 0.919. The molecule has 2 aromatic rings. The van der Waals surface area contributed by atoms with Crippen molar-refractivity contribution in [1.29, 1.82) is 0 Å². The standard InChI is InChI=1S/C20H26N2O2/c1-3-24-20(23)21-19-10-12-22(13-11-19)15(2)17-9-8-16-6-4-5-7-18(16)14-17/h4-9,14-15,19H,3,10-13H2,1-2H3,(H,21,23)/t15-/m0/s1. The smallest absolute Gasteiger partial charge is 0.407 e. The van der Waals surface area contributed by atoms with Crippen LogP contribution < -0.4 is 5.32 Å². The van der Waals surface area contributed by atoms with Gasteiger partial charge in [0.1, 0.15) is 0 Å². The van der Waals surface area contributed by atoms with Gasteiger partial charge in [-0.3, -0.25) is 4.90 Å². The molecular formula is C20H26N2O2. The van der Waals surface area contributed by atoms with Crippen LogP contribution in [-0.2, 0) is 4.74 Å². The highest BCUT2D eigenvalue weighted by atomic mass is 16.5. The van der Waals surface area contributed by atoms with Gasteiger partial charge in [-0.1, -0.05) is 36.4 Å². The molecule has 1 saturated heterocycles. The number of hydrogen-bond acceptors (Lipinski definition) is 3. The maximum absolute atomic E-state index is 11.5. The average molecular weight is 326 g/mol. The SMILES string of the molecule is CCOC(=O)NC1CCN([C@@H](C)c2ccc3ccccc3c2)CC1. The Morgan fingerprint density at radius 1 is 1.21 bits per heavy atom. The van der Waals surface area contributed by atoms with Crippen molar-refractivity contribution in [2.24, 2.45) is 0 Å². The first kappa shape index (κ1) is 16.8. The molecule has 0 bridgehead atoms. The minimum atomic E-state index is -0.293. The molecule has 1 amide bonds. The van der Waals surface area contributed by atoms with Crippen LogP contribution in [0.1, 0.15) is 38.3 Å². The van der Waals surface area contributed by atoms with Crippen molar-refractivity contribution in [2.75, 3.05) is 19.7 Å². The Morgan fingerprint density at radius 3 is 2.62 bits per heavy atom. The maximum atomic E-state index is 11.5.